The Morgan fingerprint density at radius 2 is 1.94 bits per heavy atom. The molecule has 0 bridgehead atoms. The molecule has 5 N–H and O–H groups in total. The number of ether oxygens (including phenoxy) is 1. The van der Waals surface area contributed by atoms with Gasteiger partial charge in [-0.05, 0) is 36.6 Å². The summed E-state index contributed by atoms with van der Waals surface area (Å²) < 4.78 is 5.34. The first-order valence-corrected chi connectivity index (χ1v) is 10.3. The molecule has 1 unspecified atom stereocenters. The third kappa shape index (κ3) is 5.23. The third-order valence-corrected chi connectivity index (χ3v) is 5.01. The molecule has 9 nitrogen and oxygen atoms in total. The monoisotopic (exact) mass is 437 g/mol. The number of aromatic nitrogens is 2. The number of rotatable bonds is 9. The lowest BCUT2D eigenvalue weighted by atomic mass is 10.0. The molecule has 0 saturated carbocycles. The van der Waals surface area contributed by atoms with E-state index in [0.717, 1.165) is 10.9 Å². The number of primary amides is 1. The van der Waals surface area contributed by atoms with Gasteiger partial charge in [-0.3, -0.25) is 19.4 Å². The van der Waals surface area contributed by atoms with Crippen LogP contribution >= 0.6 is 0 Å². The standard InChI is InChI=1S/C23H27N5O4/c1-13(2)10-17(23(31)28-20(21(24)29)14-6-5-9-25-12-14)27-22(30)18-11-15-16(26-18)7-4-8-19(15)32-3/h4-9,11-13,17,20,26H,10H2,1-3H3,(H2,24,29)(H,27,30)(H,28,31)/t17-,20?/m0/s1. The molecule has 0 radical (unpaired) electrons. The summed E-state index contributed by atoms with van der Waals surface area (Å²) in [4.78, 5) is 44.9. The highest BCUT2D eigenvalue weighted by atomic mass is 16.5. The van der Waals surface area contributed by atoms with Gasteiger partial charge in [0.1, 0.15) is 23.5 Å². The van der Waals surface area contributed by atoms with Crippen LogP contribution in [0.3, 0.4) is 0 Å². The Kier molecular flexibility index (Phi) is 7.09. The lowest BCUT2D eigenvalue weighted by Crippen LogP contribution is -2.50. The Morgan fingerprint density at radius 3 is 2.56 bits per heavy atom. The zero-order valence-corrected chi connectivity index (χ0v) is 18.2. The van der Waals surface area contributed by atoms with Crippen molar-refractivity contribution in [2.45, 2.75) is 32.4 Å². The summed E-state index contributed by atoms with van der Waals surface area (Å²) in [6.07, 6.45) is 3.39. The van der Waals surface area contributed by atoms with Gasteiger partial charge in [0.05, 0.1) is 7.11 Å². The molecule has 168 valence electrons. The summed E-state index contributed by atoms with van der Waals surface area (Å²) in [5.74, 6) is -0.924. The number of pyridine rings is 1. The lowest BCUT2D eigenvalue weighted by Gasteiger charge is -2.23. The van der Waals surface area contributed by atoms with Gasteiger partial charge in [-0.1, -0.05) is 26.0 Å². The second-order valence-electron chi connectivity index (χ2n) is 7.89. The Labute approximate surface area is 185 Å². The Bertz CT molecular complexity index is 1110. The van der Waals surface area contributed by atoms with E-state index in [0.29, 0.717) is 23.4 Å². The van der Waals surface area contributed by atoms with Crippen molar-refractivity contribution >= 4 is 28.6 Å². The highest BCUT2D eigenvalue weighted by Gasteiger charge is 2.28. The van der Waals surface area contributed by atoms with Crippen molar-refractivity contribution in [3.05, 3.63) is 60.0 Å². The Balaban J connectivity index is 1.80. The maximum Gasteiger partial charge on any atom is 0.268 e. The number of benzene rings is 1. The van der Waals surface area contributed by atoms with E-state index in [-0.39, 0.29) is 5.92 Å². The van der Waals surface area contributed by atoms with Crippen molar-refractivity contribution in [2.24, 2.45) is 11.7 Å². The molecule has 1 aromatic carbocycles. The zero-order valence-electron chi connectivity index (χ0n) is 18.2. The number of carbonyl (C=O) groups is 3. The molecular formula is C23H27N5O4. The summed E-state index contributed by atoms with van der Waals surface area (Å²) in [7, 11) is 1.56. The summed E-state index contributed by atoms with van der Waals surface area (Å²) in [5, 5.41) is 6.17. The van der Waals surface area contributed by atoms with Crippen LogP contribution in [0.2, 0.25) is 0 Å². The smallest absolute Gasteiger partial charge is 0.268 e. The van der Waals surface area contributed by atoms with E-state index >= 15 is 0 Å². The number of methoxy groups -OCH3 is 1. The van der Waals surface area contributed by atoms with Crippen molar-refractivity contribution in [2.75, 3.05) is 7.11 Å². The maximum atomic E-state index is 13.0. The van der Waals surface area contributed by atoms with Crippen LogP contribution in [0, 0.1) is 5.92 Å². The molecule has 0 spiro atoms. The molecule has 2 aromatic heterocycles. The summed E-state index contributed by atoms with van der Waals surface area (Å²) in [5.41, 5.74) is 7.00. The topological polar surface area (TPSA) is 139 Å². The number of hydrogen-bond donors (Lipinski definition) is 4. The maximum absolute atomic E-state index is 13.0. The van der Waals surface area contributed by atoms with Crippen LogP contribution in [0.4, 0.5) is 0 Å². The number of nitrogens with two attached hydrogens (primary N) is 1. The van der Waals surface area contributed by atoms with E-state index in [1.807, 2.05) is 26.0 Å². The van der Waals surface area contributed by atoms with Crippen molar-refractivity contribution in [1.29, 1.82) is 0 Å². The Morgan fingerprint density at radius 1 is 1.16 bits per heavy atom. The number of fused-ring (bicyclic) bond motifs is 1. The zero-order chi connectivity index (χ0) is 23.3. The molecule has 3 amide bonds. The fraction of sp³-hybridized carbons (Fsp3) is 0.304. The molecule has 2 atom stereocenters. The number of carbonyl (C=O) groups excluding carboxylic acids is 3. The van der Waals surface area contributed by atoms with E-state index in [9.17, 15) is 14.4 Å². The summed E-state index contributed by atoms with van der Waals surface area (Å²) >= 11 is 0. The molecule has 0 fully saturated rings. The van der Waals surface area contributed by atoms with Crippen molar-refractivity contribution in [1.82, 2.24) is 20.6 Å². The van der Waals surface area contributed by atoms with Crippen LogP contribution < -0.4 is 21.1 Å². The normalized spacial score (nSPS) is 12.9. The van der Waals surface area contributed by atoms with E-state index in [2.05, 4.69) is 20.6 Å². The number of aromatic amines is 1. The minimum atomic E-state index is -1.06. The first kappa shape index (κ1) is 22.8. The minimum Gasteiger partial charge on any atom is -0.496 e. The molecule has 0 aliphatic rings. The SMILES string of the molecule is COc1cccc2[nH]c(C(=O)N[C@@H](CC(C)C)C(=O)NC(C(N)=O)c3cccnc3)cc12. The molecular weight excluding hydrogens is 410 g/mol. The van der Waals surface area contributed by atoms with Gasteiger partial charge >= 0.3 is 0 Å². The molecule has 9 heteroatoms. The van der Waals surface area contributed by atoms with Gasteiger partial charge in [0.25, 0.3) is 5.91 Å². The quantitative estimate of drug-likeness (QED) is 0.406. The second-order valence-corrected chi connectivity index (χ2v) is 7.89. The van der Waals surface area contributed by atoms with Gasteiger partial charge < -0.3 is 26.1 Å². The second kappa shape index (κ2) is 9.95. The highest BCUT2D eigenvalue weighted by molar-refractivity contribution is 6.01. The molecule has 0 aliphatic carbocycles. The third-order valence-electron chi connectivity index (χ3n) is 5.01. The van der Waals surface area contributed by atoms with Gasteiger partial charge in [0, 0.05) is 28.9 Å². The molecule has 3 aromatic rings. The minimum absolute atomic E-state index is 0.110. The molecule has 3 rings (SSSR count). The lowest BCUT2D eigenvalue weighted by molar-refractivity contribution is -0.128. The number of H-pyrrole nitrogens is 1. The average Bonchev–Trinajstić information content (AvgIpc) is 3.21. The molecule has 2 heterocycles. The van der Waals surface area contributed by atoms with Crippen molar-refractivity contribution in [3.8, 4) is 5.75 Å². The van der Waals surface area contributed by atoms with E-state index in [4.69, 9.17) is 10.5 Å². The fourth-order valence-electron chi connectivity index (χ4n) is 3.47. The van der Waals surface area contributed by atoms with Crippen LogP contribution in [0.25, 0.3) is 10.9 Å². The number of hydrogen-bond acceptors (Lipinski definition) is 5. The molecule has 32 heavy (non-hydrogen) atoms. The van der Waals surface area contributed by atoms with Gasteiger partial charge in [0.15, 0.2) is 0 Å². The van der Waals surface area contributed by atoms with Crippen molar-refractivity contribution in [3.63, 3.8) is 0 Å². The highest BCUT2D eigenvalue weighted by Crippen LogP contribution is 2.26. The Hall–Kier alpha value is -3.88. The summed E-state index contributed by atoms with van der Waals surface area (Å²) in [6, 6.07) is 8.50. The summed E-state index contributed by atoms with van der Waals surface area (Å²) in [6.45, 7) is 3.87. The van der Waals surface area contributed by atoms with Gasteiger partial charge in [0.2, 0.25) is 11.8 Å². The van der Waals surface area contributed by atoms with E-state index in [1.54, 1.807) is 37.6 Å². The van der Waals surface area contributed by atoms with Crippen LogP contribution in [0.15, 0.2) is 48.8 Å². The van der Waals surface area contributed by atoms with Crippen molar-refractivity contribution < 1.29 is 19.1 Å². The van der Waals surface area contributed by atoms with Crippen LogP contribution in [-0.4, -0.2) is 40.8 Å². The van der Waals surface area contributed by atoms with Crippen LogP contribution in [0.5, 0.6) is 5.75 Å². The molecule has 0 saturated heterocycles. The van der Waals surface area contributed by atoms with Crippen LogP contribution in [0.1, 0.15) is 42.4 Å². The average molecular weight is 438 g/mol. The molecule has 0 aliphatic heterocycles. The number of nitrogens with one attached hydrogen (secondary N) is 3. The fourth-order valence-corrected chi connectivity index (χ4v) is 3.47. The van der Waals surface area contributed by atoms with E-state index < -0.39 is 29.8 Å². The largest absolute Gasteiger partial charge is 0.496 e. The first-order valence-electron chi connectivity index (χ1n) is 10.3. The predicted octanol–water partition coefficient (Wildman–Crippen LogP) is 2.06. The van der Waals surface area contributed by atoms with Gasteiger partial charge in [-0.15, -0.1) is 0 Å². The first-order chi connectivity index (χ1) is 15.3. The van der Waals surface area contributed by atoms with Gasteiger partial charge in [-0.25, -0.2) is 0 Å². The number of amides is 3. The van der Waals surface area contributed by atoms with E-state index in [1.165, 1.54) is 6.20 Å². The predicted molar refractivity (Wildman–Crippen MR) is 120 cm³/mol. The van der Waals surface area contributed by atoms with Gasteiger partial charge in [-0.2, -0.15) is 0 Å². The number of nitrogens with zero attached hydrogens (tertiary/aromatic N) is 1. The van der Waals surface area contributed by atoms with Crippen LogP contribution in [-0.2, 0) is 9.59 Å².